The topological polar surface area (TPSA) is 77.5 Å². The third kappa shape index (κ3) is 3.28. The van der Waals surface area contributed by atoms with E-state index in [0.29, 0.717) is 18.3 Å². The molecule has 0 aliphatic heterocycles. The molecule has 6 heteroatoms. The number of sulfone groups is 1. The van der Waals surface area contributed by atoms with Crippen LogP contribution >= 0.6 is 0 Å². The third-order valence-electron chi connectivity index (χ3n) is 9.39. The monoisotopic (exact) mass is 436 g/mol. The van der Waals surface area contributed by atoms with Crippen molar-refractivity contribution in [2.24, 2.45) is 34.5 Å². The molecule has 4 aliphatic carbocycles. The molecule has 5 nitrogen and oxygen atoms in total. The Hall–Kier alpha value is -1.17. The molecule has 0 spiro atoms. The lowest BCUT2D eigenvalue weighted by Crippen LogP contribution is -2.51. The molecule has 8 atom stereocenters. The molecule has 4 rings (SSSR count). The molecular formula is C24H36O5S. The van der Waals surface area contributed by atoms with Gasteiger partial charge in [0.1, 0.15) is 11.9 Å². The number of ether oxygens (including phenoxy) is 1. The summed E-state index contributed by atoms with van der Waals surface area (Å²) in [6.07, 6.45) is 9.91. The van der Waals surface area contributed by atoms with Gasteiger partial charge in [0.15, 0.2) is 9.84 Å². The Morgan fingerprint density at radius 2 is 1.80 bits per heavy atom. The Bertz CT molecular complexity index is 889. The Morgan fingerprint density at radius 3 is 2.40 bits per heavy atom. The molecule has 168 valence electrons. The van der Waals surface area contributed by atoms with Gasteiger partial charge in [-0.2, -0.15) is 0 Å². The maximum atomic E-state index is 12.6. The number of hydrogen-bond acceptors (Lipinski definition) is 5. The summed E-state index contributed by atoms with van der Waals surface area (Å²) in [6, 6.07) is 0. The van der Waals surface area contributed by atoms with Crippen LogP contribution in [0.5, 0.6) is 0 Å². The van der Waals surface area contributed by atoms with Crippen LogP contribution in [0.4, 0.5) is 0 Å². The second-order valence-corrected chi connectivity index (χ2v) is 13.2. The van der Waals surface area contributed by atoms with E-state index in [1.807, 2.05) is 0 Å². The molecule has 0 heterocycles. The second kappa shape index (κ2) is 7.18. The summed E-state index contributed by atoms with van der Waals surface area (Å²) in [5, 5.41) is -0.540. The number of Topliss-reactive ketones (excluding diaryl/α,β-unsaturated/α-hetero) is 1. The molecule has 0 aromatic heterocycles. The number of fused-ring (bicyclic) bond motifs is 5. The van der Waals surface area contributed by atoms with Crippen molar-refractivity contribution in [3.8, 4) is 0 Å². The highest BCUT2D eigenvalue weighted by Crippen LogP contribution is 2.67. The quantitative estimate of drug-likeness (QED) is 0.491. The Balaban J connectivity index is 1.66. The normalized spacial score (nSPS) is 45.6. The van der Waals surface area contributed by atoms with Gasteiger partial charge in [-0.15, -0.1) is 0 Å². The number of rotatable bonds is 3. The Labute approximate surface area is 180 Å². The minimum atomic E-state index is -3.27. The van der Waals surface area contributed by atoms with Crippen LogP contribution in [0.3, 0.4) is 0 Å². The van der Waals surface area contributed by atoms with Gasteiger partial charge in [0.2, 0.25) is 0 Å². The lowest BCUT2D eigenvalue weighted by atomic mass is 9.47. The summed E-state index contributed by atoms with van der Waals surface area (Å²) >= 11 is 0. The lowest BCUT2D eigenvalue weighted by molar-refractivity contribution is -0.149. The summed E-state index contributed by atoms with van der Waals surface area (Å²) in [7, 11) is -3.27. The maximum Gasteiger partial charge on any atom is 0.302 e. The first-order chi connectivity index (χ1) is 13.9. The smallest absolute Gasteiger partial charge is 0.302 e. The molecule has 0 saturated heterocycles. The van der Waals surface area contributed by atoms with Gasteiger partial charge in [-0.3, -0.25) is 9.59 Å². The predicted octanol–water partition coefficient (Wildman–Crippen LogP) is 4.11. The number of carbonyl (C=O) groups is 2. The fraction of sp³-hybridized carbons (Fsp3) is 0.833. The average Bonchev–Trinajstić information content (AvgIpc) is 2.95. The molecule has 0 aromatic carbocycles. The standard InChI is InChI=1S/C24H36O5S/c1-14(25)22-21(30(5,27)28)13-20-18-7-6-16-12-17(29-15(2)26)8-10-23(16,3)19(18)9-11-24(20,22)4/h6,17-22H,7-13H2,1-5H3/t17-,18+,19-,20-,21+,22-,23-,24-/m0/s1. The second-order valence-electron chi connectivity index (χ2n) is 11.0. The van der Waals surface area contributed by atoms with Crippen molar-refractivity contribution < 1.29 is 22.7 Å². The first kappa shape index (κ1) is 22.0. The van der Waals surface area contributed by atoms with Gasteiger partial charge in [0, 0.05) is 25.5 Å². The van der Waals surface area contributed by atoms with Crippen molar-refractivity contribution in [3.63, 3.8) is 0 Å². The van der Waals surface area contributed by atoms with Gasteiger partial charge < -0.3 is 4.74 Å². The number of esters is 1. The maximum absolute atomic E-state index is 12.6. The number of ketones is 1. The molecule has 0 amide bonds. The van der Waals surface area contributed by atoms with Crippen LogP contribution in [0.15, 0.2) is 11.6 Å². The zero-order chi connectivity index (χ0) is 22.1. The predicted molar refractivity (Wildman–Crippen MR) is 115 cm³/mol. The summed E-state index contributed by atoms with van der Waals surface area (Å²) < 4.78 is 30.7. The first-order valence-corrected chi connectivity index (χ1v) is 13.4. The van der Waals surface area contributed by atoms with Gasteiger partial charge >= 0.3 is 5.97 Å². The summed E-state index contributed by atoms with van der Waals surface area (Å²) in [5.74, 6) is 0.659. The highest BCUT2D eigenvalue weighted by atomic mass is 32.2. The number of hydrogen-bond donors (Lipinski definition) is 0. The third-order valence-corrected chi connectivity index (χ3v) is 10.9. The largest absolute Gasteiger partial charge is 0.462 e. The van der Waals surface area contributed by atoms with Crippen molar-refractivity contribution in [1.82, 2.24) is 0 Å². The fourth-order valence-electron chi connectivity index (χ4n) is 8.10. The van der Waals surface area contributed by atoms with Crippen LogP contribution in [0.2, 0.25) is 0 Å². The lowest BCUT2D eigenvalue weighted by Gasteiger charge is -2.57. The van der Waals surface area contributed by atoms with Crippen LogP contribution in [0, 0.1) is 34.5 Å². The molecule has 0 aromatic rings. The van der Waals surface area contributed by atoms with Crippen LogP contribution in [0.25, 0.3) is 0 Å². The van der Waals surface area contributed by atoms with Crippen LogP contribution in [0.1, 0.15) is 72.6 Å². The van der Waals surface area contributed by atoms with Crippen molar-refractivity contribution in [2.45, 2.75) is 84.0 Å². The summed E-state index contributed by atoms with van der Waals surface area (Å²) in [6.45, 7) is 7.61. The van der Waals surface area contributed by atoms with E-state index in [1.165, 1.54) is 18.8 Å². The zero-order valence-corrected chi connectivity index (χ0v) is 19.8. The van der Waals surface area contributed by atoms with E-state index < -0.39 is 15.1 Å². The van der Waals surface area contributed by atoms with E-state index in [0.717, 1.165) is 38.5 Å². The number of allylic oxidation sites excluding steroid dienone is 1. The van der Waals surface area contributed by atoms with E-state index in [9.17, 15) is 18.0 Å². The molecule has 3 saturated carbocycles. The van der Waals surface area contributed by atoms with Gasteiger partial charge in [-0.05, 0) is 74.0 Å². The van der Waals surface area contributed by atoms with Crippen molar-refractivity contribution in [3.05, 3.63) is 11.6 Å². The minimum Gasteiger partial charge on any atom is -0.462 e. The van der Waals surface area contributed by atoms with Crippen LogP contribution in [-0.4, -0.2) is 37.8 Å². The van der Waals surface area contributed by atoms with Gasteiger partial charge in [-0.1, -0.05) is 25.5 Å². The van der Waals surface area contributed by atoms with E-state index in [1.54, 1.807) is 6.92 Å². The van der Waals surface area contributed by atoms with Crippen LogP contribution < -0.4 is 0 Å². The first-order valence-electron chi connectivity index (χ1n) is 11.4. The van der Waals surface area contributed by atoms with Crippen molar-refractivity contribution in [1.29, 1.82) is 0 Å². The fourth-order valence-corrected chi connectivity index (χ4v) is 9.65. The Kier molecular flexibility index (Phi) is 5.27. The molecule has 0 bridgehead atoms. The summed E-state index contributed by atoms with van der Waals surface area (Å²) in [4.78, 5) is 24.0. The Morgan fingerprint density at radius 1 is 1.10 bits per heavy atom. The summed E-state index contributed by atoms with van der Waals surface area (Å²) in [5.41, 5.74) is 1.29. The van der Waals surface area contributed by atoms with E-state index >= 15 is 0 Å². The molecule has 4 aliphatic rings. The highest BCUT2D eigenvalue weighted by molar-refractivity contribution is 7.91. The molecular weight excluding hydrogens is 400 g/mol. The van der Waals surface area contributed by atoms with Gasteiger partial charge in [0.05, 0.1) is 5.25 Å². The molecule has 3 fully saturated rings. The van der Waals surface area contributed by atoms with E-state index in [4.69, 9.17) is 4.74 Å². The SMILES string of the molecule is CC(=O)O[C@H]1CC[C@@]2(C)C(=CC[C@H]3[C@@H]4C[C@@H](S(C)(=O)=O)[C@H](C(C)=O)[C@@]4(C)CC[C@@H]32)C1. The van der Waals surface area contributed by atoms with Gasteiger partial charge in [-0.25, -0.2) is 8.42 Å². The highest BCUT2D eigenvalue weighted by Gasteiger charge is 2.63. The van der Waals surface area contributed by atoms with Crippen molar-refractivity contribution >= 4 is 21.6 Å². The van der Waals surface area contributed by atoms with Crippen LogP contribution in [-0.2, 0) is 24.2 Å². The van der Waals surface area contributed by atoms with Crippen molar-refractivity contribution in [2.75, 3.05) is 6.26 Å². The zero-order valence-electron chi connectivity index (χ0n) is 18.9. The molecule has 0 N–H and O–H groups in total. The van der Waals surface area contributed by atoms with E-state index in [2.05, 4.69) is 19.9 Å². The van der Waals surface area contributed by atoms with E-state index in [-0.39, 0.29) is 40.5 Å². The number of carbonyl (C=O) groups excluding carboxylic acids is 2. The average molecular weight is 437 g/mol. The molecule has 30 heavy (non-hydrogen) atoms. The van der Waals surface area contributed by atoms with Gasteiger partial charge in [0.25, 0.3) is 0 Å². The molecule has 0 radical (unpaired) electrons. The minimum absolute atomic E-state index is 0.0181. The molecule has 0 unspecified atom stereocenters.